The molecule has 0 aromatic carbocycles. The molecule has 26 heavy (non-hydrogen) atoms. The Hall–Kier alpha value is -0.750. The van der Waals surface area contributed by atoms with Crippen molar-refractivity contribution in [3.63, 3.8) is 0 Å². The number of unbranched alkanes of at least 4 members (excludes halogenated alkanes) is 10. The standard InChI is InChI=1S/C12H26O3S.C8H16N2/c1-2-3-4-5-6-7-8-9-10-11-12-16(13,14)15;1-3-4-5-10-7-6-9(2)8-10/h2-12H2,1H3,(H,13,14,15);6-7H,3-5,8H2,1-2H3. The Morgan fingerprint density at radius 3 is 1.73 bits per heavy atom. The lowest BCUT2D eigenvalue weighted by atomic mass is 10.1. The molecule has 0 fully saturated rings. The predicted octanol–water partition coefficient (Wildman–Crippen LogP) is 5.26. The summed E-state index contributed by atoms with van der Waals surface area (Å²) in [6.07, 6.45) is 18.5. The van der Waals surface area contributed by atoms with Gasteiger partial charge in [-0.15, -0.1) is 0 Å². The zero-order valence-corrected chi connectivity index (χ0v) is 18.1. The Labute approximate surface area is 162 Å². The zero-order chi connectivity index (χ0) is 19.7. The first kappa shape index (κ1) is 25.2. The summed E-state index contributed by atoms with van der Waals surface area (Å²) in [5, 5.41) is 0. The maximum atomic E-state index is 10.4. The number of rotatable bonds is 14. The lowest BCUT2D eigenvalue weighted by Crippen LogP contribution is -2.23. The minimum Gasteiger partial charge on any atom is -0.362 e. The van der Waals surface area contributed by atoms with Gasteiger partial charge in [-0.25, -0.2) is 0 Å². The highest BCUT2D eigenvalue weighted by molar-refractivity contribution is 7.85. The zero-order valence-electron chi connectivity index (χ0n) is 17.3. The van der Waals surface area contributed by atoms with E-state index in [0.717, 1.165) is 19.5 Å². The quantitative estimate of drug-likeness (QED) is 0.324. The second-order valence-corrected chi connectivity index (χ2v) is 8.90. The first-order valence-electron chi connectivity index (χ1n) is 10.5. The van der Waals surface area contributed by atoms with E-state index >= 15 is 0 Å². The summed E-state index contributed by atoms with van der Waals surface area (Å²) in [5.41, 5.74) is 0. The molecule has 0 aliphatic carbocycles. The summed E-state index contributed by atoms with van der Waals surface area (Å²) in [7, 11) is -1.63. The van der Waals surface area contributed by atoms with Crippen LogP contribution in [0.4, 0.5) is 0 Å². The SMILES string of the molecule is CCCCCCCCCCCCS(=O)(=O)O.CCCCN1C=CN(C)C1. The lowest BCUT2D eigenvalue weighted by Gasteiger charge is -2.17. The molecule has 1 aliphatic heterocycles. The molecule has 0 bridgehead atoms. The van der Waals surface area contributed by atoms with E-state index in [-0.39, 0.29) is 5.75 Å². The molecule has 6 heteroatoms. The molecule has 1 heterocycles. The lowest BCUT2D eigenvalue weighted by molar-refractivity contribution is 0.293. The summed E-state index contributed by atoms with van der Waals surface area (Å²) in [5.74, 6) is -0.0799. The van der Waals surface area contributed by atoms with Crippen LogP contribution in [0, 0.1) is 0 Å². The molecule has 0 atom stereocenters. The molecule has 0 spiro atoms. The third-order valence-corrected chi connectivity index (χ3v) is 5.30. The van der Waals surface area contributed by atoms with Gasteiger partial charge in [0, 0.05) is 26.0 Å². The van der Waals surface area contributed by atoms with E-state index in [0.29, 0.717) is 6.42 Å². The largest absolute Gasteiger partial charge is 0.362 e. The van der Waals surface area contributed by atoms with Crippen molar-refractivity contribution >= 4 is 10.1 Å². The first-order chi connectivity index (χ1) is 12.4. The molecule has 0 radical (unpaired) electrons. The van der Waals surface area contributed by atoms with Crippen LogP contribution in [0.15, 0.2) is 12.4 Å². The molecule has 1 rings (SSSR count). The van der Waals surface area contributed by atoms with Crippen molar-refractivity contribution in [2.24, 2.45) is 0 Å². The van der Waals surface area contributed by atoms with Gasteiger partial charge in [-0.05, 0) is 12.8 Å². The molecule has 0 saturated carbocycles. The van der Waals surface area contributed by atoms with Gasteiger partial charge in [0.2, 0.25) is 0 Å². The predicted molar refractivity (Wildman–Crippen MR) is 112 cm³/mol. The van der Waals surface area contributed by atoms with Gasteiger partial charge in [-0.3, -0.25) is 4.55 Å². The molecular weight excluding hydrogens is 348 g/mol. The summed E-state index contributed by atoms with van der Waals surface area (Å²) >= 11 is 0. The monoisotopic (exact) mass is 390 g/mol. The van der Waals surface area contributed by atoms with Gasteiger partial charge < -0.3 is 9.80 Å². The fraction of sp³-hybridized carbons (Fsp3) is 0.900. The van der Waals surface area contributed by atoms with Crippen molar-refractivity contribution in [2.75, 3.05) is 26.0 Å². The second-order valence-electron chi connectivity index (χ2n) is 7.33. The van der Waals surface area contributed by atoms with Crippen molar-refractivity contribution in [2.45, 2.75) is 90.9 Å². The summed E-state index contributed by atoms with van der Waals surface area (Å²) in [4.78, 5) is 4.53. The third-order valence-electron chi connectivity index (χ3n) is 4.49. The fourth-order valence-electron chi connectivity index (χ4n) is 2.87. The van der Waals surface area contributed by atoms with Crippen LogP contribution in [0.5, 0.6) is 0 Å². The molecular formula is C20H42N2O3S. The molecule has 0 saturated heterocycles. The average molecular weight is 391 g/mol. The van der Waals surface area contributed by atoms with Gasteiger partial charge in [-0.2, -0.15) is 8.42 Å². The fourth-order valence-corrected chi connectivity index (χ4v) is 3.44. The van der Waals surface area contributed by atoms with Gasteiger partial charge in [0.25, 0.3) is 10.1 Å². The second kappa shape index (κ2) is 16.4. The third kappa shape index (κ3) is 18.1. The molecule has 0 amide bonds. The smallest absolute Gasteiger partial charge is 0.264 e. The summed E-state index contributed by atoms with van der Waals surface area (Å²) < 4.78 is 29.4. The minimum absolute atomic E-state index is 0.0799. The Morgan fingerprint density at radius 1 is 0.808 bits per heavy atom. The Morgan fingerprint density at radius 2 is 1.31 bits per heavy atom. The van der Waals surface area contributed by atoms with Crippen LogP contribution in [-0.2, 0) is 10.1 Å². The topological polar surface area (TPSA) is 60.9 Å². The molecule has 1 aliphatic rings. The van der Waals surface area contributed by atoms with Crippen LogP contribution >= 0.6 is 0 Å². The van der Waals surface area contributed by atoms with E-state index in [2.05, 4.69) is 43.1 Å². The molecule has 5 nitrogen and oxygen atoms in total. The van der Waals surface area contributed by atoms with E-state index < -0.39 is 10.1 Å². The van der Waals surface area contributed by atoms with Gasteiger partial charge in [0.15, 0.2) is 0 Å². The molecule has 0 aromatic rings. The van der Waals surface area contributed by atoms with Crippen LogP contribution in [0.1, 0.15) is 90.9 Å². The van der Waals surface area contributed by atoms with Crippen LogP contribution in [-0.4, -0.2) is 48.8 Å². The molecule has 1 N–H and O–H groups in total. The maximum absolute atomic E-state index is 10.4. The van der Waals surface area contributed by atoms with Gasteiger partial charge >= 0.3 is 0 Å². The van der Waals surface area contributed by atoms with Gasteiger partial charge in [0.1, 0.15) is 0 Å². The van der Waals surface area contributed by atoms with Crippen molar-refractivity contribution in [1.29, 1.82) is 0 Å². The minimum atomic E-state index is -3.73. The van der Waals surface area contributed by atoms with E-state index in [9.17, 15) is 8.42 Å². The highest BCUT2D eigenvalue weighted by atomic mass is 32.2. The Balaban J connectivity index is 0.000000531. The van der Waals surface area contributed by atoms with Crippen molar-refractivity contribution in [3.8, 4) is 0 Å². The summed E-state index contributed by atoms with van der Waals surface area (Å²) in [6, 6.07) is 0. The van der Waals surface area contributed by atoms with Crippen molar-refractivity contribution in [1.82, 2.24) is 9.80 Å². The molecule has 0 aromatic heterocycles. The van der Waals surface area contributed by atoms with Crippen molar-refractivity contribution in [3.05, 3.63) is 12.4 Å². The van der Waals surface area contributed by atoms with Crippen LogP contribution < -0.4 is 0 Å². The van der Waals surface area contributed by atoms with Gasteiger partial charge in [-0.1, -0.05) is 78.1 Å². The van der Waals surface area contributed by atoms with Crippen LogP contribution in [0.2, 0.25) is 0 Å². The molecule has 156 valence electrons. The van der Waals surface area contributed by atoms with Gasteiger partial charge in [0.05, 0.1) is 12.4 Å². The maximum Gasteiger partial charge on any atom is 0.264 e. The van der Waals surface area contributed by atoms with E-state index in [1.165, 1.54) is 64.3 Å². The van der Waals surface area contributed by atoms with Crippen molar-refractivity contribution < 1.29 is 13.0 Å². The van der Waals surface area contributed by atoms with Crippen LogP contribution in [0.3, 0.4) is 0 Å². The summed E-state index contributed by atoms with van der Waals surface area (Å²) in [6.45, 7) is 6.72. The highest BCUT2D eigenvalue weighted by Crippen LogP contribution is 2.10. The van der Waals surface area contributed by atoms with E-state index in [4.69, 9.17) is 4.55 Å². The Kier molecular flexibility index (Phi) is 16.0. The molecule has 0 unspecified atom stereocenters. The Bertz CT molecular complexity index is 438. The van der Waals surface area contributed by atoms with Crippen LogP contribution in [0.25, 0.3) is 0 Å². The normalized spacial score (nSPS) is 13.8. The average Bonchev–Trinajstić information content (AvgIpc) is 3.00. The number of hydrogen-bond donors (Lipinski definition) is 1. The number of nitrogens with zero attached hydrogens (tertiary/aromatic N) is 2. The van der Waals surface area contributed by atoms with E-state index in [1.807, 2.05) is 0 Å². The van der Waals surface area contributed by atoms with E-state index in [1.54, 1.807) is 0 Å². The highest BCUT2D eigenvalue weighted by Gasteiger charge is 2.05. The number of hydrogen-bond acceptors (Lipinski definition) is 4. The first-order valence-corrected chi connectivity index (χ1v) is 12.1.